The molecule has 4 N–H and O–H groups in total. The Morgan fingerprint density at radius 1 is 1.31 bits per heavy atom. The number of nitrogens with two attached hydrogens (primary N) is 1. The molecular weight excluding hydrogens is 374 g/mol. The van der Waals surface area contributed by atoms with E-state index < -0.39 is 11.1 Å². The molecule has 0 saturated carbocycles. The number of primary amides is 1. The molecule has 29 heavy (non-hydrogen) atoms. The highest BCUT2D eigenvalue weighted by atomic mass is 16.2. The molecule has 9 nitrogen and oxygen atoms in total. The average molecular weight is 401 g/mol. The fraction of sp³-hybridized carbons (Fsp3) is 0.500. The molecule has 1 aliphatic rings. The van der Waals surface area contributed by atoms with E-state index in [2.05, 4.69) is 15.2 Å². The molecule has 9 heteroatoms. The van der Waals surface area contributed by atoms with Gasteiger partial charge in [0.05, 0.1) is 17.0 Å². The van der Waals surface area contributed by atoms with Crippen LogP contribution in [0.4, 0.5) is 0 Å². The first-order valence-electron chi connectivity index (χ1n) is 9.97. The number of benzene rings is 1. The van der Waals surface area contributed by atoms with Crippen molar-refractivity contribution in [1.29, 1.82) is 0 Å². The number of nitrogens with one attached hydrogen (secondary N) is 2. The molecule has 1 saturated heterocycles. The predicted octanol–water partition coefficient (Wildman–Crippen LogP) is 0.0269. The molecule has 1 aromatic heterocycles. The zero-order chi connectivity index (χ0) is 21.0. The summed E-state index contributed by atoms with van der Waals surface area (Å²) in [7, 11) is 0. The number of piperidine rings is 1. The number of carbonyl (C=O) groups excluding carboxylic acids is 2. The Balaban J connectivity index is 1.58. The van der Waals surface area contributed by atoms with Gasteiger partial charge in [0.25, 0.3) is 5.91 Å². The zero-order valence-electron chi connectivity index (χ0n) is 16.6. The van der Waals surface area contributed by atoms with Crippen LogP contribution < -0.4 is 22.2 Å². The van der Waals surface area contributed by atoms with Gasteiger partial charge < -0.3 is 25.5 Å². The van der Waals surface area contributed by atoms with Crippen LogP contribution in [0, 0.1) is 5.92 Å². The van der Waals surface area contributed by atoms with Crippen LogP contribution in [0.3, 0.4) is 0 Å². The van der Waals surface area contributed by atoms with E-state index in [1.54, 1.807) is 25.1 Å². The van der Waals surface area contributed by atoms with Gasteiger partial charge in [-0.15, -0.1) is 0 Å². The number of aromatic nitrogens is 2. The number of amides is 2. The first-order chi connectivity index (χ1) is 13.9. The first kappa shape index (κ1) is 20.8. The number of H-pyrrole nitrogens is 1. The van der Waals surface area contributed by atoms with E-state index in [9.17, 15) is 19.2 Å². The number of aryl methyl sites for hydroxylation is 1. The lowest BCUT2D eigenvalue weighted by Crippen LogP contribution is -2.42. The summed E-state index contributed by atoms with van der Waals surface area (Å²) in [6, 6.07) is 4.90. The maximum atomic E-state index is 12.4. The largest absolute Gasteiger partial charge is 0.369 e. The molecule has 2 amide bonds. The minimum atomic E-state index is -0.701. The number of hydrogen-bond acceptors (Lipinski definition) is 5. The van der Waals surface area contributed by atoms with Crippen molar-refractivity contribution in [1.82, 2.24) is 19.8 Å². The van der Waals surface area contributed by atoms with E-state index in [0.29, 0.717) is 36.2 Å². The third-order valence-corrected chi connectivity index (χ3v) is 5.40. The molecular formula is C20H27N5O4. The van der Waals surface area contributed by atoms with Gasteiger partial charge in [0.2, 0.25) is 5.91 Å². The van der Waals surface area contributed by atoms with E-state index in [4.69, 9.17) is 5.73 Å². The second-order valence-electron chi connectivity index (χ2n) is 7.39. The Labute approximate surface area is 167 Å². The van der Waals surface area contributed by atoms with Crippen LogP contribution in [0.2, 0.25) is 0 Å². The Hall–Kier alpha value is -2.94. The van der Waals surface area contributed by atoms with Crippen LogP contribution in [0.15, 0.2) is 27.8 Å². The first-order valence-corrected chi connectivity index (χ1v) is 9.97. The normalized spacial score (nSPS) is 17.3. The van der Waals surface area contributed by atoms with E-state index in [-0.39, 0.29) is 17.7 Å². The molecule has 2 aromatic rings. The second kappa shape index (κ2) is 9.04. The van der Waals surface area contributed by atoms with Crippen molar-refractivity contribution < 1.29 is 9.59 Å². The third kappa shape index (κ3) is 4.73. The Morgan fingerprint density at radius 2 is 2.10 bits per heavy atom. The van der Waals surface area contributed by atoms with Crippen LogP contribution in [0.1, 0.15) is 36.5 Å². The van der Waals surface area contributed by atoms with Crippen molar-refractivity contribution in [2.24, 2.45) is 11.7 Å². The molecule has 0 radical (unpaired) electrons. The molecule has 0 spiro atoms. The van der Waals surface area contributed by atoms with Gasteiger partial charge in [0.1, 0.15) is 0 Å². The van der Waals surface area contributed by atoms with Crippen LogP contribution in [-0.4, -0.2) is 52.4 Å². The highest BCUT2D eigenvalue weighted by molar-refractivity contribution is 5.97. The standard InChI is InChI=1S/C20H27N5O4/c1-2-25-16-7-6-13(11-15(16)23-19(28)20(25)29)18(27)22-8-4-10-24-9-3-5-14(12-24)17(21)26/h6-7,11,14H,2-5,8-10,12H2,1H3,(H2,21,26)(H,22,27)(H,23,28). The van der Waals surface area contributed by atoms with E-state index in [0.717, 1.165) is 32.4 Å². The molecule has 0 aliphatic carbocycles. The summed E-state index contributed by atoms with van der Waals surface area (Å²) < 4.78 is 1.38. The van der Waals surface area contributed by atoms with Gasteiger partial charge in [-0.3, -0.25) is 19.2 Å². The smallest absolute Gasteiger partial charge is 0.316 e. The Bertz CT molecular complexity index is 1030. The van der Waals surface area contributed by atoms with Crippen molar-refractivity contribution >= 4 is 22.8 Å². The van der Waals surface area contributed by atoms with Gasteiger partial charge in [-0.05, 0) is 57.5 Å². The summed E-state index contributed by atoms with van der Waals surface area (Å²) in [5.41, 5.74) is 5.55. The maximum Gasteiger partial charge on any atom is 0.316 e. The zero-order valence-corrected chi connectivity index (χ0v) is 16.6. The van der Waals surface area contributed by atoms with Crippen molar-refractivity contribution in [3.05, 3.63) is 44.5 Å². The molecule has 1 fully saturated rings. The molecule has 1 aromatic carbocycles. The number of rotatable bonds is 7. The molecule has 3 rings (SSSR count). The summed E-state index contributed by atoms with van der Waals surface area (Å²) in [6.07, 6.45) is 2.56. The minimum Gasteiger partial charge on any atom is -0.369 e. The molecule has 1 unspecified atom stereocenters. The van der Waals surface area contributed by atoms with Gasteiger partial charge >= 0.3 is 11.1 Å². The fourth-order valence-electron chi connectivity index (χ4n) is 3.83. The molecule has 156 valence electrons. The van der Waals surface area contributed by atoms with Crippen LogP contribution >= 0.6 is 0 Å². The quantitative estimate of drug-likeness (QED) is 0.445. The highest BCUT2D eigenvalue weighted by Crippen LogP contribution is 2.16. The fourth-order valence-corrected chi connectivity index (χ4v) is 3.83. The lowest BCUT2D eigenvalue weighted by Gasteiger charge is -2.31. The maximum absolute atomic E-state index is 12.4. The predicted molar refractivity (Wildman–Crippen MR) is 110 cm³/mol. The van der Waals surface area contributed by atoms with Crippen LogP contribution in [0.25, 0.3) is 11.0 Å². The number of aromatic amines is 1. The van der Waals surface area contributed by atoms with Crippen molar-refractivity contribution in [2.75, 3.05) is 26.2 Å². The van der Waals surface area contributed by atoms with E-state index in [1.165, 1.54) is 4.57 Å². The van der Waals surface area contributed by atoms with Gasteiger partial charge in [0, 0.05) is 25.2 Å². The average Bonchev–Trinajstić information content (AvgIpc) is 2.72. The lowest BCUT2D eigenvalue weighted by atomic mass is 9.97. The molecule has 0 bridgehead atoms. The third-order valence-electron chi connectivity index (χ3n) is 5.40. The Morgan fingerprint density at radius 3 is 2.83 bits per heavy atom. The summed E-state index contributed by atoms with van der Waals surface area (Å²) in [4.78, 5) is 52.2. The summed E-state index contributed by atoms with van der Waals surface area (Å²) >= 11 is 0. The summed E-state index contributed by atoms with van der Waals surface area (Å²) in [5, 5.41) is 2.87. The van der Waals surface area contributed by atoms with Crippen LogP contribution in [0.5, 0.6) is 0 Å². The number of carbonyl (C=O) groups is 2. The molecule has 2 heterocycles. The Kier molecular flexibility index (Phi) is 6.48. The van der Waals surface area contributed by atoms with Gasteiger partial charge in [0.15, 0.2) is 0 Å². The highest BCUT2D eigenvalue weighted by Gasteiger charge is 2.23. The van der Waals surface area contributed by atoms with Crippen molar-refractivity contribution in [3.63, 3.8) is 0 Å². The molecule has 1 atom stereocenters. The minimum absolute atomic E-state index is 0.0846. The summed E-state index contributed by atoms with van der Waals surface area (Å²) in [6.45, 7) is 5.07. The molecule has 1 aliphatic heterocycles. The number of hydrogen-bond donors (Lipinski definition) is 3. The lowest BCUT2D eigenvalue weighted by molar-refractivity contribution is -0.123. The second-order valence-corrected chi connectivity index (χ2v) is 7.39. The van der Waals surface area contributed by atoms with Crippen molar-refractivity contribution in [2.45, 2.75) is 32.7 Å². The number of likely N-dealkylation sites (tertiary alicyclic amines) is 1. The topological polar surface area (TPSA) is 130 Å². The van der Waals surface area contributed by atoms with Gasteiger partial charge in [-0.2, -0.15) is 0 Å². The van der Waals surface area contributed by atoms with Gasteiger partial charge in [-0.25, -0.2) is 0 Å². The van der Waals surface area contributed by atoms with E-state index >= 15 is 0 Å². The van der Waals surface area contributed by atoms with Crippen molar-refractivity contribution in [3.8, 4) is 0 Å². The number of fused-ring (bicyclic) bond motifs is 1. The summed E-state index contributed by atoms with van der Waals surface area (Å²) in [5.74, 6) is -0.569. The van der Waals surface area contributed by atoms with Gasteiger partial charge in [-0.1, -0.05) is 0 Å². The monoisotopic (exact) mass is 401 g/mol. The van der Waals surface area contributed by atoms with E-state index in [1.807, 2.05) is 0 Å². The number of nitrogens with zero attached hydrogens (tertiary/aromatic N) is 2. The SMILES string of the molecule is CCn1c(=O)c(=O)[nH]c2cc(C(=O)NCCCN3CCCC(C(N)=O)C3)ccc21. The van der Waals surface area contributed by atoms with Crippen LogP contribution in [-0.2, 0) is 11.3 Å².